The van der Waals surface area contributed by atoms with Crippen molar-refractivity contribution in [3.8, 4) is 0 Å². The molecule has 2 heteroatoms. The lowest BCUT2D eigenvalue weighted by molar-refractivity contribution is -0.149. The van der Waals surface area contributed by atoms with Crippen LogP contribution in [-0.2, 0) is 4.74 Å². The highest BCUT2D eigenvalue weighted by Crippen LogP contribution is 2.47. The number of hydrogen-bond donors (Lipinski definition) is 1. The summed E-state index contributed by atoms with van der Waals surface area (Å²) in [6, 6.07) is 0.743. The molecule has 0 radical (unpaired) electrons. The summed E-state index contributed by atoms with van der Waals surface area (Å²) in [5, 5.41) is 3.88. The van der Waals surface area contributed by atoms with Crippen molar-refractivity contribution >= 4 is 0 Å². The van der Waals surface area contributed by atoms with Gasteiger partial charge in [0.15, 0.2) is 0 Å². The molecule has 0 aromatic rings. The molecule has 0 amide bonds. The van der Waals surface area contributed by atoms with E-state index in [0.29, 0.717) is 11.0 Å². The highest BCUT2D eigenvalue weighted by molar-refractivity contribution is 4.98. The van der Waals surface area contributed by atoms with Crippen molar-refractivity contribution in [2.75, 3.05) is 13.2 Å². The van der Waals surface area contributed by atoms with Crippen LogP contribution in [0, 0.1) is 17.3 Å². The van der Waals surface area contributed by atoms with Crippen molar-refractivity contribution in [1.29, 1.82) is 0 Å². The monoisotopic (exact) mass is 293 g/mol. The van der Waals surface area contributed by atoms with Crippen molar-refractivity contribution in [1.82, 2.24) is 5.32 Å². The van der Waals surface area contributed by atoms with E-state index in [4.69, 9.17) is 4.74 Å². The third-order valence-electron chi connectivity index (χ3n) is 6.64. The zero-order chi connectivity index (χ0) is 14.9. The van der Waals surface area contributed by atoms with Crippen LogP contribution in [0.4, 0.5) is 0 Å². The summed E-state index contributed by atoms with van der Waals surface area (Å²) >= 11 is 0. The van der Waals surface area contributed by atoms with Crippen molar-refractivity contribution in [3.05, 3.63) is 0 Å². The second-order valence-corrected chi connectivity index (χ2v) is 8.72. The smallest absolute Gasteiger partial charge is 0.0685 e. The van der Waals surface area contributed by atoms with Crippen LogP contribution in [-0.4, -0.2) is 24.8 Å². The number of hydrogen-bond acceptors (Lipinski definition) is 2. The molecule has 1 spiro atoms. The Morgan fingerprint density at radius 1 is 1.05 bits per heavy atom. The van der Waals surface area contributed by atoms with Crippen LogP contribution in [0.5, 0.6) is 0 Å². The van der Waals surface area contributed by atoms with Crippen LogP contribution < -0.4 is 5.32 Å². The Morgan fingerprint density at radius 3 is 2.33 bits per heavy atom. The summed E-state index contributed by atoms with van der Waals surface area (Å²) in [5.41, 5.74) is 0.878. The van der Waals surface area contributed by atoms with Gasteiger partial charge in [-0.05, 0) is 81.6 Å². The van der Waals surface area contributed by atoms with E-state index in [1.54, 1.807) is 0 Å². The third kappa shape index (κ3) is 3.47. The number of rotatable bonds is 4. The molecule has 2 nitrogen and oxygen atoms in total. The van der Waals surface area contributed by atoms with Crippen molar-refractivity contribution < 1.29 is 4.74 Å². The molecule has 2 unspecified atom stereocenters. The first-order valence-corrected chi connectivity index (χ1v) is 9.41. The molecule has 2 aliphatic carbocycles. The fourth-order valence-corrected chi connectivity index (χ4v) is 5.03. The summed E-state index contributed by atoms with van der Waals surface area (Å²) in [4.78, 5) is 0. The predicted molar refractivity (Wildman–Crippen MR) is 88.5 cm³/mol. The molecule has 21 heavy (non-hydrogen) atoms. The van der Waals surface area contributed by atoms with Gasteiger partial charge >= 0.3 is 0 Å². The van der Waals surface area contributed by atoms with E-state index in [9.17, 15) is 0 Å². The lowest BCUT2D eigenvalue weighted by Crippen LogP contribution is -2.52. The Kier molecular flexibility index (Phi) is 4.66. The molecule has 0 bridgehead atoms. The standard InChI is InChI=1S/C19H35NO/c1-4-20-17(15-6-11-18(2,3)12-7-15)16-8-13-21-19(14-16)9-5-10-19/h15-17,20H,4-14H2,1-3H3. The minimum Gasteiger partial charge on any atom is -0.375 e. The van der Waals surface area contributed by atoms with Crippen LogP contribution in [0.3, 0.4) is 0 Å². The van der Waals surface area contributed by atoms with E-state index in [1.165, 1.54) is 57.8 Å². The Hall–Kier alpha value is -0.0800. The topological polar surface area (TPSA) is 21.3 Å². The molecule has 3 rings (SSSR count). The molecule has 122 valence electrons. The summed E-state index contributed by atoms with van der Waals surface area (Å²) < 4.78 is 6.15. The molecular weight excluding hydrogens is 258 g/mol. The normalized spacial score (nSPS) is 33.6. The lowest BCUT2D eigenvalue weighted by Gasteiger charge is -2.50. The molecule has 1 aliphatic heterocycles. The van der Waals surface area contributed by atoms with Gasteiger partial charge in [-0.3, -0.25) is 0 Å². The molecule has 1 heterocycles. The zero-order valence-corrected chi connectivity index (χ0v) is 14.4. The average molecular weight is 293 g/mol. The van der Waals surface area contributed by atoms with Gasteiger partial charge < -0.3 is 10.1 Å². The van der Waals surface area contributed by atoms with Gasteiger partial charge in [0.1, 0.15) is 0 Å². The summed E-state index contributed by atoms with van der Waals surface area (Å²) in [5.74, 6) is 1.75. The second-order valence-electron chi connectivity index (χ2n) is 8.72. The Morgan fingerprint density at radius 2 is 1.76 bits per heavy atom. The van der Waals surface area contributed by atoms with Crippen LogP contribution in [0.2, 0.25) is 0 Å². The maximum Gasteiger partial charge on any atom is 0.0685 e. The molecule has 1 N–H and O–H groups in total. The summed E-state index contributed by atoms with van der Waals surface area (Å²) in [6.45, 7) is 9.30. The Balaban J connectivity index is 1.63. The number of ether oxygens (including phenoxy) is 1. The summed E-state index contributed by atoms with van der Waals surface area (Å²) in [7, 11) is 0. The second kappa shape index (κ2) is 6.20. The van der Waals surface area contributed by atoms with E-state index in [1.807, 2.05) is 0 Å². The van der Waals surface area contributed by atoms with Crippen molar-refractivity contribution in [2.45, 2.75) is 90.2 Å². The highest BCUT2D eigenvalue weighted by Gasteiger charge is 2.45. The quantitative estimate of drug-likeness (QED) is 0.822. The van der Waals surface area contributed by atoms with Gasteiger partial charge in [0.2, 0.25) is 0 Å². The van der Waals surface area contributed by atoms with E-state index < -0.39 is 0 Å². The van der Waals surface area contributed by atoms with Gasteiger partial charge in [-0.15, -0.1) is 0 Å². The first kappa shape index (κ1) is 15.8. The fraction of sp³-hybridized carbons (Fsp3) is 1.00. The first-order valence-electron chi connectivity index (χ1n) is 9.41. The zero-order valence-electron chi connectivity index (χ0n) is 14.4. The largest absolute Gasteiger partial charge is 0.375 e. The maximum atomic E-state index is 6.15. The molecular formula is C19H35NO. The van der Waals surface area contributed by atoms with Gasteiger partial charge in [-0.25, -0.2) is 0 Å². The van der Waals surface area contributed by atoms with E-state index in [0.717, 1.165) is 31.0 Å². The molecule has 2 saturated carbocycles. The minimum atomic E-state index is 0.296. The molecule has 1 saturated heterocycles. The van der Waals surface area contributed by atoms with E-state index >= 15 is 0 Å². The van der Waals surface area contributed by atoms with Gasteiger partial charge in [0, 0.05) is 12.6 Å². The van der Waals surface area contributed by atoms with Gasteiger partial charge in [0.05, 0.1) is 5.60 Å². The average Bonchev–Trinajstić information content (AvgIpc) is 2.44. The molecule has 0 aromatic heterocycles. The van der Waals surface area contributed by atoms with Gasteiger partial charge in [0.25, 0.3) is 0 Å². The Bertz CT molecular complexity index is 337. The first-order chi connectivity index (χ1) is 10.0. The predicted octanol–water partition coefficient (Wildman–Crippen LogP) is 4.53. The maximum absolute atomic E-state index is 6.15. The number of nitrogens with one attached hydrogen (secondary N) is 1. The highest BCUT2D eigenvalue weighted by atomic mass is 16.5. The fourth-order valence-electron chi connectivity index (χ4n) is 5.03. The van der Waals surface area contributed by atoms with Crippen LogP contribution in [0.15, 0.2) is 0 Å². The van der Waals surface area contributed by atoms with Crippen molar-refractivity contribution in [3.63, 3.8) is 0 Å². The summed E-state index contributed by atoms with van der Waals surface area (Å²) in [6.07, 6.45) is 12.3. The lowest BCUT2D eigenvalue weighted by atomic mass is 9.65. The molecule has 3 fully saturated rings. The van der Waals surface area contributed by atoms with Crippen LogP contribution in [0.1, 0.15) is 78.6 Å². The molecule has 0 aromatic carbocycles. The van der Waals surface area contributed by atoms with Crippen molar-refractivity contribution in [2.24, 2.45) is 17.3 Å². The molecule has 2 atom stereocenters. The van der Waals surface area contributed by atoms with Gasteiger partial charge in [-0.2, -0.15) is 0 Å². The SMILES string of the molecule is CCNC(C1CCC(C)(C)CC1)C1CCOC2(CCC2)C1. The van der Waals surface area contributed by atoms with E-state index in [2.05, 4.69) is 26.1 Å². The van der Waals surface area contributed by atoms with Crippen LogP contribution >= 0.6 is 0 Å². The molecule has 3 aliphatic rings. The third-order valence-corrected chi connectivity index (χ3v) is 6.64. The van der Waals surface area contributed by atoms with Crippen LogP contribution in [0.25, 0.3) is 0 Å². The van der Waals surface area contributed by atoms with Gasteiger partial charge in [-0.1, -0.05) is 20.8 Å². The Labute approximate surface area is 131 Å². The minimum absolute atomic E-state index is 0.296. The van der Waals surface area contributed by atoms with E-state index in [-0.39, 0.29) is 0 Å².